The SMILES string of the molecule is CC[C@@H](NC(=O)C1c2ccccc2-c2ccccc21)C(=O)O. The average Bonchev–Trinajstić information content (AvgIpc) is 2.86. The van der Waals surface area contributed by atoms with Crippen molar-refractivity contribution >= 4 is 11.9 Å². The fourth-order valence-electron chi connectivity index (χ4n) is 3.03. The lowest BCUT2D eigenvalue weighted by Crippen LogP contribution is -2.42. The van der Waals surface area contributed by atoms with Gasteiger partial charge in [-0.3, -0.25) is 4.79 Å². The number of carboxylic acid groups (broad SMARTS) is 1. The van der Waals surface area contributed by atoms with Crippen LogP contribution in [0.15, 0.2) is 48.5 Å². The molecule has 0 unspecified atom stereocenters. The number of carboxylic acids is 1. The minimum atomic E-state index is -1.00. The van der Waals surface area contributed by atoms with Crippen LogP contribution in [-0.2, 0) is 9.59 Å². The Morgan fingerprint density at radius 3 is 2.00 bits per heavy atom. The summed E-state index contributed by atoms with van der Waals surface area (Å²) in [7, 11) is 0. The molecule has 1 amide bonds. The summed E-state index contributed by atoms with van der Waals surface area (Å²) in [6.45, 7) is 1.75. The van der Waals surface area contributed by atoms with E-state index in [2.05, 4.69) is 5.32 Å². The van der Waals surface area contributed by atoms with Gasteiger partial charge in [-0.25, -0.2) is 4.79 Å². The van der Waals surface area contributed by atoms with Gasteiger partial charge < -0.3 is 10.4 Å². The molecule has 1 aliphatic rings. The summed E-state index contributed by atoms with van der Waals surface area (Å²) >= 11 is 0. The number of hydrogen-bond donors (Lipinski definition) is 2. The molecule has 0 fully saturated rings. The highest BCUT2D eigenvalue weighted by Crippen LogP contribution is 2.44. The highest BCUT2D eigenvalue weighted by atomic mass is 16.4. The minimum absolute atomic E-state index is 0.258. The van der Waals surface area contributed by atoms with E-state index in [0.29, 0.717) is 6.42 Å². The van der Waals surface area contributed by atoms with Crippen LogP contribution in [0.4, 0.5) is 0 Å². The van der Waals surface area contributed by atoms with E-state index in [4.69, 9.17) is 5.11 Å². The lowest BCUT2D eigenvalue weighted by molar-refractivity contribution is -0.142. The van der Waals surface area contributed by atoms with E-state index in [-0.39, 0.29) is 5.91 Å². The first-order valence-corrected chi connectivity index (χ1v) is 7.35. The number of aliphatic carboxylic acids is 1. The number of carbonyl (C=O) groups excluding carboxylic acids is 1. The quantitative estimate of drug-likeness (QED) is 0.911. The molecular formula is C18H17NO3. The van der Waals surface area contributed by atoms with Crippen molar-refractivity contribution in [1.82, 2.24) is 5.32 Å². The first-order chi connectivity index (χ1) is 10.6. The largest absolute Gasteiger partial charge is 0.480 e. The molecule has 0 bridgehead atoms. The lowest BCUT2D eigenvalue weighted by atomic mass is 9.95. The van der Waals surface area contributed by atoms with Crippen LogP contribution in [0.1, 0.15) is 30.4 Å². The van der Waals surface area contributed by atoms with Crippen LogP contribution in [-0.4, -0.2) is 23.0 Å². The number of rotatable bonds is 4. The lowest BCUT2D eigenvalue weighted by Gasteiger charge is -2.17. The van der Waals surface area contributed by atoms with Crippen LogP contribution in [0.3, 0.4) is 0 Å². The summed E-state index contributed by atoms with van der Waals surface area (Å²) in [5.41, 5.74) is 3.95. The van der Waals surface area contributed by atoms with Crippen molar-refractivity contribution in [1.29, 1.82) is 0 Å². The first-order valence-electron chi connectivity index (χ1n) is 7.35. The van der Waals surface area contributed by atoms with Crippen LogP contribution in [0.5, 0.6) is 0 Å². The van der Waals surface area contributed by atoms with Crippen LogP contribution in [0.2, 0.25) is 0 Å². The monoisotopic (exact) mass is 295 g/mol. The van der Waals surface area contributed by atoms with Gasteiger partial charge in [0.25, 0.3) is 0 Å². The summed E-state index contributed by atoms with van der Waals surface area (Å²) in [6, 6.07) is 14.7. The second-order valence-electron chi connectivity index (χ2n) is 5.42. The maximum Gasteiger partial charge on any atom is 0.326 e. The number of amides is 1. The molecule has 22 heavy (non-hydrogen) atoms. The van der Waals surface area contributed by atoms with Crippen molar-refractivity contribution in [3.05, 3.63) is 59.7 Å². The van der Waals surface area contributed by atoms with Crippen molar-refractivity contribution in [2.75, 3.05) is 0 Å². The Labute approximate surface area is 128 Å². The number of benzene rings is 2. The molecule has 1 atom stereocenters. The zero-order valence-corrected chi connectivity index (χ0v) is 12.2. The number of hydrogen-bond acceptors (Lipinski definition) is 2. The van der Waals surface area contributed by atoms with Gasteiger partial charge in [0.05, 0.1) is 5.92 Å². The van der Waals surface area contributed by atoms with Crippen molar-refractivity contribution in [3.63, 3.8) is 0 Å². The zero-order valence-electron chi connectivity index (χ0n) is 12.2. The van der Waals surface area contributed by atoms with Gasteiger partial charge in [0.2, 0.25) is 5.91 Å². The van der Waals surface area contributed by atoms with Crippen LogP contribution in [0.25, 0.3) is 11.1 Å². The van der Waals surface area contributed by atoms with Gasteiger partial charge in [0.15, 0.2) is 0 Å². The normalized spacial score (nSPS) is 14.0. The van der Waals surface area contributed by atoms with Gasteiger partial charge in [-0.15, -0.1) is 0 Å². The molecule has 2 aromatic carbocycles. The minimum Gasteiger partial charge on any atom is -0.480 e. The third kappa shape index (κ3) is 2.26. The van der Waals surface area contributed by atoms with Crippen molar-refractivity contribution in [2.45, 2.75) is 25.3 Å². The molecule has 4 heteroatoms. The maximum atomic E-state index is 12.7. The molecule has 2 N–H and O–H groups in total. The molecule has 0 saturated carbocycles. The smallest absolute Gasteiger partial charge is 0.326 e. The molecule has 0 aliphatic heterocycles. The maximum absolute atomic E-state index is 12.7. The summed E-state index contributed by atoms with van der Waals surface area (Å²) in [6.07, 6.45) is 0.358. The molecule has 3 rings (SSSR count). The Morgan fingerprint density at radius 2 is 1.55 bits per heavy atom. The van der Waals surface area contributed by atoms with Gasteiger partial charge in [-0.05, 0) is 28.7 Å². The molecule has 0 radical (unpaired) electrons. The van der Waals surface area contributed by atoms with E-state index in [1.165, 1.54) is 0 Å². The Morgan fingerprint density at radius 1 is 1.05 bits per heavy atom. The van der Waals surface area contributed by atoms with Crippen molar-refractivity contribution < 1.29 is 14.7 Å². The summed E-state index contributed by atoms with van der Waals surface area (Å²) in [5, 5.41) is 11.8. The zero-order chi connectivity index (χ0) is 15.7. The summed E-state index contributed by atoms with van der Waals surface area (Å²) in [4.78, 5) is 23.8. The topological polar surface area (TPSA) is 66.4 Å². The van der Waals surface area contributed by atoms with Crippen molar-refractivity contribution in [3.8, 4) is 11.1 Å². The van der Waals surface area contributed by atoms with Gasteiger partial charge >= 0.3 is 5.97 Å². The number of fused-ring (bicyclic) bond motifs is 3. The Bertz CT molecular complexity index is 693. The predicted molar refractivity (Wildman–Crippen MR) is 83.6 cm³/mol. The molecular weight excluding hydrogens is 278 g/mol. The molecule has 0 heterocycles. The molecule has 0 spiro atoms. The van der Waals surface area contributed by atoms with Crippen molar-refractivity contribution in [2.24, 2.45) is 0 Å². The highest BCUT2D eigenvalue weighted by Gasteiger charge is 2.34. The standard InChI is InChI=1S/C18H17NO3/c1-2-15(18(21)22)19-17(20)16-13-9-5-3-7-11(13)12-8-4-6-10-14(12)16/h3-10,15-16H,2H2,1H3,(H,19,20)(H,21,22)/t15-/m1/s1. The van der Waals surface area contributed by atoms with E-state index >= 15 is 0 Å². The Hall–Kier alpha value is -2.62. The van der Waals surface area contributed by atoms with Gasteiger partial charge in [-0.1, -0.05) is 55.5 Å². The predicted octanol–water partition coefficient (Wildman–Crippen LogP) is 2.78. The van der Waals surface area contributed by atoms with E-state index in [0.717, 1.165) is 22.3 Å². The van der Waals surface area contributed by atoms with Crippen LogP contribution < -0.4 is 5.32 Å². The van der Waals surface area contributed by atoms with Gasteiger partial charge in [-0.2, -0.15) is 0 Å². The molecule has 2 aromatic rings. The number of carbonyl (C=O) groups is 2. The van der Waals surface area contributed by atoms with E-state index in [1.54, 1.807) is 6.92 Å². The first kappa shape index (κ1) is 14.3. The molecule has 112 valence electrons. The second kappa shape index (κ2) is 5.64. The Kier molecular flexibility index (Phi) is 3.67. The van der Waals surface area contributed by atoms with E-state index in [1.807, 2.05) is 48.5 Å². The third-order valence-electron chi connectivity index (χ3n) is 4.12. The number of nitrogens with one attached hydrogen (secondary N) is 1. The van der Waals surface area contributed by atoms with E-state index in [9.17, 15) is 9.59 Å². The molecule has 4 nitrogen and oxygen atoms in total. The van der Waals surface area contributed by atoms with Crippen LogP contribution in [0, 0.1) is 0 Å². The molecule has 0 aromatic heterocycles. The average molecular weight is 295 g/mol. The second-order valence-corrected chi connectivity index (χ2v) is 5.42. The van der Waals surface area contributed by atoms with Crippen LogP contribution >= 0.6 is 0 Å². The fourth-order valence-corrected chi connectivity index (χ4v) is 3.03. The fraction of sp³-hybridized carbons (Fsp3) is 0.222. The highest BCUT2D eigenvalue weighted by molar-refractivity contribution is 5.97. The Balaban J connectivity index is 2.00. The molecule has 1 aliphatic carbocycles. The summed E-state index contributed by atoms with van der Waals surface area (Å²) < 4.78 is 0. The van der Waals surface area contributed by atoms with E-state index < -0.39 is 17.9 Å². The van der Waals surface area contributed by atoms with Gasteiger partial charge in [0.1, 0.15) is 6.04 Å². The summed E-state index contributed by atoms with van der Waals surface area (Å²) in [5.74, 6) is -1.71. The third-order valence-corrected chi connectivity index (χ3v) is 4.12. The van der Waals surface area contributed by atoms with Gasteiger partial charge in [0, 0.05) is 0 Å². The molecule has 0 saturated heterocycles.